The molecule has 0 amide bonds. The maximum Gasteiger partial charge on any atom is 0.306 e. The van der Waals surface area contributed by atoms with Crippen molar-refractivity contribution in [2.24, 2.45) is 0 Å². The Morgan fingerprint density at radius 1 is 0.489 bits per heavy atom. The van der Waals surface area contributed by atoms with E-state index < -0.39 is 5.41 Å². The smallest absolute Gasteiger partial charge is 0.306 e. The Labute approximate surface area is 261 Å². The number of benzene rings is 6. The van der Waals surface area contributed by atoms with Gasteiger partial charge in [-0.1, -0.05) is 152 Å². The van der Waals surface area contributed by atoms with E-state index >= 15 is 0 Å². The highest BCUT2D eigenvalue weighted by atomic mass is 16.3. The first-order valence-electron chi connectivity index (χ1n) is 15.3. The Balaban J connectivity index is 1.28. The summed E-state index contributed by atoms with van der Waals surface area (Å²) in [5.74, 6) is 0.577. The summed E-state index contributed by atoms with van der Waals surface area (Å²) in [5.41, 5.74) is 13.5. The second kappa shape index (κ2) is 10.1. The molecule has 3 nitrogen and oxygen atoms in total. The van der Waals surface area contributed by atoms with Gasteiger partial charge < -0.3 is 4.42 Å². The SMILES string of the molecule is c1ccc(-c2ccc(-c3c(-c4ccc5c(c4)C(c4ccccc4)(c4ccccc4)c4ccccc4-5)nc4occn34)cc2)cc1. The predicted octanol–water partition coefficient (Wildman–Crippen LogP) is 10.3. The highest BCUT2D eigenvalue weighted by Gasteiger charge is 2.46. The lowest BCUT2D eigenvalue weighted by atomic mass is 9.67. The van der Waals surface area contributed by atoms with Crippen LogP contribution in [0, 0.1) is 0 Å². The zero-order valence-corrected chi connectivity index (χ0v) is 24.5. The summed E-state index contributed by atoms with van der Waals surface area (Å²) >= 11 is 0. The van der Waals surface area contributed by atoms with Gasteiger partial charge >= 0.3 is 5.84 Å². The summed E-state index contributed by atoms with van der Waals surface area (Å²) in [6.07, 6.45) is 3.65. The molecule has 0 bridgehead atoms. The predicted molar refractivity (Wildman–Crippen MR) is 181 cm³/mol. The van der Waals surface area contributed by atoms with Gasteiger partial charge in [0.2, 0.25) is 0 Å². The van der Waals surface area contributed by atoms with Gasteiger partial charge in [-0.25, -0.2) is 0 Å². The van der Waals surface area contributed by atoms with E-state index in [1.807, 2.05) is 12.3 Å². The van der Waals surface area contributed by atoms with Gasteiger partial charge in [0.05, 0.1) is 11.1 Å². The Morgan fingerprint density at radius 2 is 1.04 bits per heavy atom. The summed E-state index contributed by atoms with van der Waals surface area (Å²) in [4.78, 5) is 5.06. The molecule has 9 rings (SSSR count). The lowest BCUT2D eigenvalue weighted by Crippen LogP contribution is -2.28. The molecule has 1 aliphatic carbocycles. The van der Waals surface area contributed by atoms with Gasteiger partial charge in [0, 0.05) is 17.3 Å². The molecule has 3 heteroatoms. The van der Waals surface area contributed by atoms with Crippen LogP contribution in [0.3, 0.4) is 0 Å². The minimum atomic E-state index is -0.471. The minimum absolute atomic E-state index is 0.471. The van der Waals surface area contributed by atoms with Crippen LogP contribution >= 0.6 is 0 Å². The molecule has 0 spiro atoms. The Morgan fingerprint density at radius 3 is 1.76 bits per heavy atom. The number of imidazole rings is 1. The largest absolute Gasteiger partial charge is 0.432 e. The van der Waals surface area contributed by atoms with Gasteiger partial charge in [0.15, 0.2) is 0 Å². The van der Waals surface area contributed by atoms with Crippen molar-refractivity contribution in [2.45, 2.75) is 5.41 Å². The van der Waals surface area contributed by atoms with Gasteiger partial charge in [-0.2, -0.15) is 4.98 Å². The summed E-state index contributed by atoms with van der Waals surface area (Å²) in [7, 11) is 0. The lowest BCUT2D eigenvalue weighted by molar-refractivity contribution is 0.596. The molecular formula is C42H28N2O. The first kappa shape index (κ1) is 25.6. The van der Waals surface area contributed by atoms with Crippen molar-refractivity contribution in [2.75, 3.05) is 0 Å². The third kappa shape index (κ3) is 3.81. The van der Waals surface area contributed by atoms with Gasteiger partial charge in [-0.05, 0) is 50.6 Å². The van der Waals surface area contributed by atoms with E-state index in [9.17, 15) is 0 Å². The average Bonchev–Trinajstić information content (AvgIpc) is 3.80. The molecule has 8 aromatic rings. The van der Waals surface area contributed by atoms with Crippen LogP contribution in [0.25, 0.3) is 50.6 Å². The van der Waals surface area contributed by atoms with E-state index in [2.05, 4.69) is 156 Å². The van der Waals surface area contributed by atoms with E-state index in [0.717, 1.165) is 22.5 Å². The number of aromatic nitrogens is 2. The molecule has 6 aromatic carbocycles. The fourth-order valence-corrected chi connectivity index (χ4v) is 7.31. The highest BCUT2D eigenvalue weighted by molar-refractivity contribution is 5.90. The lowest BCUT2D eigenvalue weighted by Gasteiger charge is -2.34. The van der Waals surface area contributed by atoms with Crippen LogP contribution in [0.1, 0.15) is 22.3 Å². The molecule has 2 heterocycles. The summed E-state index contributed by atoms with van der Waals surface area (Å²) in [5, 5.41) is 0. The average molecular weight is 577 g/mol. The number of oxazole rings is 1. The quantitative estimate of drug-likeness (QED) is 0.204. The third-order valence-electron chi connectivity index (χ3n) is 9.26. The van der Waals surface area contributed by atoms with E-state index in [-0.39, 0.29) is 0 Å². The van der Waals surface area contributed by atoms with Gasteiger partial charge in [-0.3, -0.25) is 4.40 Å². The van der Waals surface area contributed by atoms with Crippen molar-refractivity contribution >= 4 is 5.84 Å². The molecule has 0 fully saturated rings. The normalized spacial score (nSPS) is 13.1. The fourth-order valence-electron chi connectivity index (χ4n) is 7.31. The third-order valence-corrected chi connectivity index (χ3v) is 9.26. The van der Waals surface area contributed by atoms with Crippen LogP contribution in [0.15, 0.2) is 175 Å². The summed E-state index contributed by atoms with van der Waals surface area (Å²) in [6, 6.07) is 56.7. The highest BCUT2D eigenvalue weighted by Crippen LogP contribution is 2.56. The molecule has 0 radical (unpaired) electrons. The maximum absolute atomic E-state index is 5.85. The van der Waals surface area contributed by atoms with E-state index in [1.165, 1.54) is 44.5 Å². The van der Waals surface area contributed by atoms with Crippen molar-refractivity contribution < 1.29 is 4.42 Å². The van der Waals surface area contributed by atoms with Gasteiger partial charge in [0.25, 0.3) is 0 Å². The molecule has 0 aliphatic heterocycles. The first-order chi connectivity index (χ1) is 22.3. The van der Waals surface area contributed by atoms with Crippen LogP contribution in [0.4, 0.5) is 0 Å². The number of hydrogen-bond donors (Lipinski definition) is 0. The van der Waals surface area contributed by atoms with E-state index in [0.29, 0.717) is 5.84 Å². The molecule has 0 saturated heterocycles. The molecule has 0 unspecified atom stereocenters. The van der Waals surface area contributed by atoms with Crippen molar-refractivity contribution in [1.82, 2.24) is 9.38 Å². The fraction of sp³-hybridized carbons (Fsp3) is 0.0238. The zero-order chi connectivity index (χ0) is 29.8. The van der Waals surface area contributed by atoms with Crippen LogP contribution in [0.2, 0.25) is 0 Å². The first-order valence-corrected chi connectivity index (χ1v) is 15.3. The Hall–Kier alpha value is -5.93. The molecule has 45 heavy (non-hydrogen) atoms. The number of fused-ring (bicyclic) bond motifs is 4. The Kier molecular flexibility index (Phi) is 5.72. The van der Waals surface area contributed by atoms with Crippen molar-refractivity contribution in [3.63, 3.8) is 0 Å². The van der Waals surface area contributed by atoms with Crippen LogP contribution in [0.5, 0.6) is 0 Å². The topological polar surface area (TPSA) is 30.4 Å². The monoisotopic (exact) mass is 576 g/mol. The van der Waals surface area contributed by atoms with Crippen molar-refractivity contribution in [1.29, 1.82) is 0 Å². The molecule has 0 saturated carbocycles. The van der Waals surface area contributed by atoms with Crippen molar-refractivity contribution in [3.05, 3.63) is 192 Å². The Bertz CT molecular complexity index is 2260. The maximum atomic E-state index is 5.85. The second-order valence-corrected chi connectivity index (χ2v) is 11.6. The minimum Gasteiger partial charge on any atom is -0.432 e. The van der Waals surface area contributed by atoms with E-state index in [4.69, 9.17) is 9.40 Å². The van der Waals surface area contributed by atoms with E-state index in [1.54, 1.807) is 6.26 Å². The number of hydrogen-bond acceptors (Lipinski definition) is 2. The molecule has 1 aliphatic rings. The number of nitrogens with zero attached hydrogens (tertiary/aromatic N) is 2. The summed E-state index contributed by atoms with van der Waals surface area (Å²) < 4.78 is 7.90. The second-order valence-electron chi connectivity index (χ2n) is 11.6. The molecule has 212 valence electrons. The van der Waals surface area contributed by atoms with Crippen LogP contribution < -0.4 is 0 Å². The standard InChI is InChI=1S/C42H28N2O/c1-4-12-29(13-5-1)30-20-22-31(23-21-30)40-39(43-41-44(40)26-27-45-41)32-24-25-36-35-18-10-11-19-37(35)42(38(36)28-32,33-14-6-2-7-15-33)34-16-8-3-9-17-34/h1-28H. The molecule has 2 aromatic heterocycles. The molecule has 0 N–H and O–H groups in total. The van der Waals surface area contributed by atoms with Gasteiger partial charge in [-0.15, -0.1) is 0 Å². The number of rotatable bonds is 5. The molecule has 0 atom stereocenters. The molecular weight excluding hydrogens is 548 g/mol. The zero-order valence-electron chi connectivity index (χ0n) is 24.5. The van der Waals surface area contributed by atoms with Crippen molar-refractivity contribution in [3.8, 4) is 44.8 Å². The summed E-state index contributed by atoms with van der Waals surface area (Å²) in [6.45, 7) is 0. The van der Waals surface area contributed by atoms with Crippen LogP contribution in [-0.2, 0) is 5.41 Å². The van der Waals surface area contributed by atoms with Crippen LogP contribution in [-0.4, -0.2) is 9.38 Å². The van der Waals surface area contributed by atoms with Gasteiger partial charge in [0.1, 0.15) is 12.0 Å².